The van der Waals surface area contributed by atoms with Crippen LogP contribution in [0.4, 0.5) is 0 Å². The van der Waals surface area contributed by atoms with Gasteiger partial charge in [0.25, 0.3) is 0 Å². The van der Waals surface area contributed by atoms with Gasteiger partial charge in [-0.2, -0.15) is 0 Å². The summed E-state index contributed by atoms with van der Waals surface area (Å²) in [4.78, 5) is 14.1. The molecule has 0 unspecified atom stereocenters. The molecular formula is C13H16N2O2. The average Bonchev–Trinajstić information content (AvgIpc) is 2.41. The van der Waals surface area contributed by atoms with Crippen molar-refractivity contribution < 1.29 is 9.53 Å². The van der Waals surface area contributed by atoms with E-state index in [1.807, 2.05) is 6.08 Å². The van der Waals surface area contributed by atoms with Crippen LogP contribution >= 0.6 is 0 Å². The van der Waals surface area contributed by atoms with Crippen molar-refractivity contribution in [1.82, 2.24) is 10.2 Å². The number of carbonyl (C=O) groups is 1. The molecule has 0 atom stereocenters. The molecule has 1 N–H and O–H groups in total. The molecule has 3 rings (SSSR count). The largest absolute Gasteiger partial charge is 0.462 e. The summed E-state index contributed by atoms with van der Waals surface area (Å²) in [5.74, 6) is 0.980. The van der Waals surface area contributed by atoms with Crippen LogP contribution in [-0.4, -0.2) is 36.9 Å². The van der Waals surface area contributed by atoms with Crippen LogP contribution in [0.2, 0.25) is 0 Å². The van der Waals surface area contributed by atoms with Gasteiger partial charge in [0.2, 0.25) is 0 Å². The highest BCUT2D eigenvalue weighted by Gasteiger charge is 2.29. The monoisotopic (exact) mass is 232 g/mol. The number of ketones is 1. The van der Waals surface area contributed by atoms with Crippen molar-refractivity contribution in [2.75, 3.05) is 26.2 Å². The van der Waals surface area contributed by atoms with E-state index in [1.54, 1.807) is 12.3 Å². The van der Waals surface area contributed by atoms with E-state index in [0.717, 1.165) is 43.9 Å². The maximum atomic E-state index is 11.8. The lowest BCUT2D eigenvalue weighted by atomic mass is 9.93. The average molecular weight is 232 g/mol. The fourth-order valence-corrected chi connectivity index (χ4v) is 2.54. The molecule has 2 aliphatic heterocycles. The fourth-order valence-electron chi connectivity index (χ4n) is 2.54. The molecule has 0 aromatic heterocycles. The normalized spacial score (nSPS) is 24.4. The van der Waals surface area contributed by atoms with Gasteiger partial charge in [-0.05, 0) is 18.6 Å². The number of carbonyl (C=O) groups excluding carboxylic acids is 1. The summed E-state index contributed by atoms with van der Waals surface area (Å²) in [5.41, 5.74) is 1.94. The molecule has 0 aromatic rings. The van der Waals surface area contributed by atoms with Gasteiger partial charge in [-0.25, -0.2) is 0 Å². The first-order valence-electron chi connectivity index (χ1n) is 6.12. The highest BCUT2D eigenvalue weighted by Crippen LogP contribution is 2.32. The van der Waals surface area contributed by atoms with Crippen molar-refractivity contribution in [1.29, 1.82) is 0 Å². The zero-order valence-electron chi connectivity index (χ0n) is 9.74. The molecule has 17 heavy (non-hydrogen) atoms. The first kappa shape index (κ1) is 10.6. The number of ether oxygens (including phenoxy) is 1. The van der Waals surface area contributed by atoms with E-state index in [0.29, 0.717) is 6.42 Å². The van der Waals surface area contributed by atoms with Gasteiger partial charge < -0.3 is 15.0 Å². The van der Waals surface area contributed by atoms with Gasteiger partial charge in [-0.3, -0.25) is 4.79 Å². The lowest BCUT2D eigenvalue weighted by Gasteiger charge is -2.35. The van der Waals surface area contributed by atoms with Crippen molar-refractivity contribution in [3.05, 3.63) is 35.4 Å². The quantitative estimate of drug-likeness (QED) is 0.730. The van der Waals surface area contributed by atoms with E-state index in [4.69, 9.17) is 4.74 Å². The molecule has 0 bridgehead atoms. The molecule has 2 heterocycles. The summed E-state index contributed by atoms with van der Waals surface area (Å²) in [6.45, 7) is 3.99. The number of Topliss-reactive ketones (excluding diaryl/α,β-unsaturated/α-hetero) is 1. The lowest BCUT2D eigenvalue weighted by molar-refractivity contribution is -0.116. The van der Waals surface area contributed by atoms with Crippen molar-refractivity contribution in [3.63, 3.8) is 0 Å². The van der Waals surface area contributed by atoms with Crippen LogP contribution in [0.5, 0.6) is 0 Å². The van der Waals surface area contributed by atoms with Gasteiger partial charge in [-0.15, -0.1) is 0 Å². The van der Waals surface area contributed by atoms with Crippen molar-refractivity contribution in [2.24, 2.45) is 0 Å². The van der Waals surface area contributed by atoms with E-state index in [2.05, 4.69) is 10.2 Å². The van der Waals surface area contributed by atoms with E-state index >= 15 is 0 Å². The Kier molecular flexibility index (Phi) is 2.73. The van der Waals surface area contributed by atoms with Gasteiger partial charge in [0.05, 0.1) is 17.5 Å². The van der Waals surface area contributed by atoms with Crippen LogP contribution in [0.25, 0.3) is 0 Å². The minimum atomic E-state index is 0.197. The number of nitrogens with one attached hydrogen (secondary N) is 1. The third-order valence-corrected chi connectivity index (χ3v) is 3.42. The van der Waals surface area contributed by atoms with Crippen LogP contribution in [0.1, 0.15) is 12.8 Å². The summed E-state index contributed by atoms with van der Waals surface area (Å²) >= 11 is 0. The Morgan fingerprint density at radius 3 is 2.88 bits per heavy atom. The first-order valence-corrected chi connectivity index (χ1v) is 6.12. The first-order chi connectivity index (χ1) is 8.36. The molecule has 3 aliphatic rings. The smallest absolute Gasteiger partial charge is 0.167 e. The molecule has 0 radical (unpaired) electrons. The number of rotatable bonds is 1. The van der Waals surface area contributed by atoms with Crippen LogP contribution in [0.15, 0.2) is 35.4 Å². The van der Waals surface area contributed by atoms with E-state index < -0.39 is 0 Å². The predicted molar refractivity (Wildman–Crippen MR) is 64.0 cm³/mol. The van der Waals surface area contributed by atoms with Crippen molar-refractivity contribution >= 4 is 5.78 Å². The maximum absolute atomic E-state index is 11.8. The Balaban J connectivity index is 1.94. The zero-order chi connectivity index (χ0) is 11.7. The van der Waals surface area contributed by atoms with Gasteiger partial charge >= 0.3 is 0 Å². The molecule has 90 valence electrons. The standard InChI is InChI=1S/C13H16N2O2/c16-12-4-3-11(15-7-5-14-6-8-15)13-10(12)2-1-9-17-13/h1-2,9,14H,3-8H2. The Bertz CT molecular complexity index is 429. The Morgan fingerprint density at radius 2 is 2.06 bits per heavy atom. The summed E-state index contributed by atoms with van der Waals surface area (Å²) in [5, 5.41) is 3.33. The third-order valence-electron chi connectivity index (χ3n) is 3.42. The molecule has 0 spiro atoms. The molecule has 4 nitrogen and oxygen atoms in total. The predicted octanol–water partition coefficient (Wildman–Crippen LogP) is 0.936. The lowest BCUT2D eigenvalue weighted by Crippen LogP contribution is -2.44. The topological polar surface area (TPSA) is 41.6 Å². The number of hydrogen-bond donors (Lipinski definition) is 1. The SMILES string of the molecule is O=C1CCC(N2CCNCC2)=C2OC=CC=C12. The number of allylic oxidation sites excluding steroid dienone is 4. The highest BCUT2D eigenvalue weighted by atomic mass is 16.5. The van der Waals surface area contributed by atoms with Gasteiger partial charge in [-0.1, -0.05) is 0 Å². The van der Waals surface area contributed by atoms with Crippen molar-refractivity contribution in [2.45, 2.75) is 12.8 Å². The number of piperazine rings is 1. The molecule has 0 amide bonds. The molecule has 0 saturated carbocycles. The number of fused-ring (bicyclic) bond motifs is 1. The molecular weight excluding hydrogens is 216 g/mol. The minimum Gasteiger partial charge on any atom is -0.462 e. The maximum Gasteiger partial charge on any atom is 0.167 e. The molecule has 0 aromatic carbocycles. The van der Waals surface area contributed by atoms with Crippen LogP contribution in [0, 0.1) is 0 Å². The zero-order valence-corrected chi connectivity index (χ0v) is 9.74. The molecule has 1 aliphatic carbocycles. The Hall–Kier alpha value is -1.55. The van der Waals surface area contributed by atoms with E-state index in [-0.39, 0.29) is 5.78 Å². The van der Waals surface area contributed by atoms with Gasteiger partial charge in [0, 0.05) is 32.6 Å². The minimum absolute atomic E-state index is 0.197. The Labute approximate surface area is 101 Å². The molecule has 1 saturated heterocycles. The second kappa shape index (κ2) is 4.37. The second-order valence-electron chi connectivity index (χ2n) is 4.46. The fraction of sp³-hybridized carbons (Fsp3) is 0.462. The van der Waals surface area contributed by atoms with Crippen molar-refractivity contribution in [3.8, 4) is 0 Å². The Morgan fingerprint density at radius 1 is 1.24 bits per heavy atom. The number of nitrogens with zero attached hydrogens (tertiary/aromatic N) is 1. The van der Waals surface area contributed by atoms with E-state index in [9.17, 15) is 4.79 Å². The summed E-state index contributed by atoms with van der Waals surface area (Å²) in [7, 11) is 0. The van der Waals surface area contributed by atoms with Crippen LogP contribution in [0.3, 0.4) is 0 Å². The number of hydrogen-bond acceptors (Lipinski definition) is 4. The summed E-state index contributed by atoms with van der Waals surface area (Å²) in [6.07, 6.45) is 6.71. The second-order valence-corrected chi connectivity index (χ2v) is 4.46. The summed E-state index contributed by atoms with van der Waals surface area (Å²) < 4.78 is 5.57. The third kappa shape index (κ3) is 1.89. The van der Waals surface area contributed by atoms with Gasteiger partial charge in [0.1, 0.15) is 0 Å². The molecule has 1 fully saturated rings. The van der Waals surface area contributed by atoms with Gasteiger partial charge in [0.15, 0.2) is 11.5 Å². The van der Waals surface area contributed by atoms with E-state index in [1.165, 1.54) is 5.70 Å². The molecule has 4 heteroatoms. The van der Waals surface area contributed by atoms with Crippen LogP contribution in [-0.2, 0) is 9.53 Å². The summed E-state index contributed by atoms with van der Waals surface area (Å²) in [6, 6.07) is 0. The highest BCUT2D eigenvalue weighted by molar-refractivity contribution is 6.01. The van der Waals surface area contributed by atoms with Crippen LogP contribution < -0.4 is 5.32 Å².